The smallest absolute Gasteiger partial charge is 0.234 e. The zero-order valence-electron chi connectivity index (χ0n) is 14.3. The number of nitrogens with one attached hydrogen (secondary N) is 2. The minimum Gasteiger partial charge on any atom is -0.495 e. The van der Waals surface area contributed by atoms with Crippen LogP contribution in [0, 0.1) is 11.3 Å². The molecule has 3 aromatic rings. The Kier molecular flexibility index (Phi) is 6.25. The molecule has 0 aliphatic carbocycles. The van der Waals surface area contributed by atoms with Gasteiger partial charge < -0.3 is 15.4 Å². The first kappa shape index (κ1) is 18.7. The van der Waals surface area contributed by atoms with Crippen LogP contribution in [0.3, 0.4) is 0 Å². The van der Waals surface area contributed by atoms with Gasteiger partial charge in [0.1, 0.15) is 5.75 Å². The highest BCUT2D eigenvalue weighted by Gasteiger charge is 2.10. The van der Waals surface area contributed by atoms with Gasteiger partial charge in [-0.05, 0) is 36.4 Å². The van der Waals surface area contributed by atoms with E-state index in [1.54, 1.807) is 31.4 Å². The summed E-state index contributed by atoms with van der Waals surface area (Å²) >= 11 is 2.66. The predicted molar refractivity (Wildman–Crippen MR) is 107 cm³/mol. The van der Waals surface area contributed by atoms with Crippen LogP contribution in [0.25, 0.3) is 0 Å². The Labute approximate surface area is 164 Å². The molecule has 2 N–H and O–H groups in total. The van der Waals surface area contributed by atoms with Crippen molar-refractivity contribution in [2.75, 3.05) is 23.5 Å². The zero-order chi connectivity index (χ0) is 19.1. The van der Waals surface area contributed by atoms with Gasteiger partial charge in [0.2, 0.25) is 11.0 Å². The molecule has 0 bridgehead atoms. The summed E-state index contributed by atoms with van der Waals surface area (Å²) in [5, 5.41) is 23.5. The minimum atomic E-state index is -0.154. The number of methoxy groups -OCH3 is 1. The lowest BCUT2D eigenvalue weighted by molar-refractivity contribution is -0.113. The maximum atomic E-state index is 12.0. The number of nitrogens with zero attached hydrogens (tertiary/aromatic N) is 3. The summed E-state index contributed by atoms with van der Waals surface area (Å²) in [6.07, 6.45) is 0. The summed E-state index contributed by atoms with van der Waals surface area (Å²) in [5.41, 5.74) is 1.99. The number of ether oxygens (including phenoxy) is 1. The van der Waals surface area contributed by atoms with E-state index < -0.39 is 0 Å². The van der Waals surface area contributed by atoms with Crippen LogP contribution >= 0.6 is 23.1 Å². The molecule has 1 amide bonds. The van der Waals surface area contributed by atoms with Crippen molar-refractivity contribution >= 4 is 45.5 Å². The molecular weight excluding hydrogens is 382 g/mol. The number of para-hydroxylation sites is 2. The number of hydrogen-bond acceptors (Lipinski definition) is 8. The molecule has 2 aromatic carbocycles. The minimum absolute atomic E-state index is 0.154. The second-order valence-corrected chi connectivity index (χ2v) is 7.42. The first-order chi connectivity index (χ1) is 13.2. The number of thioether (sulfide) groups is 1. The lowest BCUT2D eigenvalue weighted by Gasteiger charge is -2.07. The topological polar surface area (TPSA) is 99.9 Å². The summed E-state index contributed by atoms with van der Waals surface area (Å²) in [7, 11) is 1.61. The number of rotatable bonds is 7. The Hall–Kier alpha value is -3.09. The van der Waals surface area contributed by atoms with Crippen LogP contribution in [0.15, 0.2) is 52.9 Å². The zero-order valence-corrected chi connectivity index (χ0v) is 15.9. The first-order valence-corrected chi connectivity index (χ1v) is 9.64. The fourth-order valence-corrected chi connectivity index (χ4v) is 3.70. The molecule has 3 rings (SSSR count). The SMILES string of the molecule is COc1ccccc1Nc1nnc(SCC(=O)Nc2ccc(C#N)cc2)s1. The molecule has 0 saturated heterocycles. The number of benzene rings is 2. The highest BCUT2D eigenvalue weighted by molar-refractivity contribution is 8.01. The number of hydrogen-bond donors (Lipinski definition) is 2. The van der Waals surface area contributed by atoms with E-state index in [1.165, 1.54) is 23.1 Å². The molecule has 0 atom stereocenters. The third kappa shape index (κ3) is 5.20. The molecule has 0 aliphatic rings. The van der Waals surface area contributed by atoms with Crippen LogP contribution in [-0.4, -0.2) is 29.0 Å². The molecule has 27 heavy (non-hydrogen) atoms. The Morgan fingerprint density at radius 3 is 2.74 bits per heavy atom. The number of anilines is 3. The fourth-order valence-electron chi connectivity index (χ4n) is 2.13. The Morgan fingerprint density at radius 2 is 2.00 bits per heavy atom. The van der Waals surface area contributed by atoms with Crippen LogP contribution in [0.2, 0.25) is 0 Å². The molecule has 1 heterocycles. The summed E-state index contributed by atoms with van der Waals surface area (Å²) in [6.45, 7) is 0. The molecule has 136 valence electrons. The number of carbonyl (C=O) groups is 1. The van der Waals surface area contributed by atoms with E-state index in [9.17, 15) is 4.79 Å². The van der Waals surface area contributed by atoms with Crippen LogP contribution < -0.4 is 15.4 Å². The van der Waals surface area contributed by atoms with Crippen molar-refractivity contribution in [1.29, 1.82) is 5.26 Å². The molecule has 1 aromatic heterocycles. The van der Waals surface area contributed by atoms with Crippen molar-refractivity contribution in [3.05, 3.63) is 54.1 Å². The van der Waals surface area contributed by atoms with Gasteiger partial charge >= 0.3 is 0 Å². The third-order valence-corrected chi connectivity index (χ3v) is 5.35. The standard InChI is InChI=1S/C18H15N5O2S2/c1-25-15-5-3-2-4-14(15)21-17-22-23-18(27-17)26-11-16(24)20-13-8-6-12(10-19)7-9-13/h2-9H,11H2,1H3,(H,20,24)(H,21,22). The van der Waals surface area contributed by atoms with Gasteiger partial charge in [-0.1, -0.05) is 35.2 Å². The van der Waals surface area contributed by atoms with Gasteiger partial charge in [0, 0.05) is 5.69 Å². The molecule has 0 aliphatic heterocycles. The highest BCUT2D eigenvalue weighted by Crippen LogP contribution is 2.31. The molecule has 0 radical (unpaired) electrons. The van der Waals surface area contributed by atoms with Crippen LogP contribution in [0.5, 0.6) is 5.75 Å². The van der Waals surface area contributed by atoms with Crippen molar-refractivity contribution < 1.29 is 9.53 Å². The summed E-state index contributed by atoms with van der Waals surface area (Å²) in [4.78, 5) is 12.0. The number of aromatic nitrogens is 2. The third-order valence-electron chi connectivity index (χ3n) is 3.38. The largest absolute Gasteiger partial charge is 0.495 e. The molecule has 0 fully saturated rings. The Balaban J connectivity index is 1.53. The molecule has 0 unspecified atom stereocenters. The van der Waals surface area contributed by atoms with E-state index in [-0.39, 0.29) is 11.7 Å². The Bertz CT molecular complexity index is 966. The summed E-state index contributed by atoms with van der Waals surface area (Å²) < 4.78 is 5.98. The maximum Gasteiger partial charge on any atom is 0.234 e. The second-order valence-electron chi connectivity index (χ2n) is 5.22. The lowest BCUT2D eigenvalue weighted by atomic mass is 10.2. The van der Waals surface area contributed by atoms with Gasteiger partial charge in [0.25, 0.3) is 0 Å². The van der Waals surface area contributed by atoms with Gasteiger partial charge in [-0.3, -0.25) is 4.79 Å². The first-order valence-electron chi connectivity index (χ1n) is 7.84. The van der Waals surface area contributed by atoms with Gasteiger partial charge in [-0.25, -0.2) is 0 Å². The van der Waals surface area contributed by atoms with E-state index >= 15 is 0 Å². The number of amides is 1. The van der Waals surface area contributed by atoms with E-state index in [2.05, 4.69) is 20.8 Å². The average Bonchev–Trinajstić information content (AvgIpc) is 3.15. The number of nitriles is 1. The van der Waals surface area contributed by atoms with Crippen molar-refractivity contribution in [2.45, 2.75) is 4.34 Å². The summed E-state index contributed by atoms with van der Waals surface area (Å²) in [6, 6.07) is 16.3. The maximum absolute atomic E-state index is 12.0. The molecule has 0 spiro atoms. The van der Waals surface area contributed by atoms with Crippen molar-refractivity contribution in [3.8, 4) is 11.8 Å². The van der Waals surface area contributed by atoms with E-state index in [0.29, 0.717) is 26.5 Å². The van der Waals surface area contributed by atoms with E-state index in [4.69, 9.17) is 10.00 Å². The van der Waals surface area contributed by atoms with E-state index in [1.807, 2.05) is 30.3 Å². The number of carbonyl (C=O) groups excluding carboxylic acids is 1. The highest BCUT2D eigenvalue weighted by atomic mass is 32.2. The predicted octanol–water partition coefficient (Wildman–Crippen LogP) is 3.89. The van der Waals surface area contributed by atoms with E-state index in [0.717, 1.165) is 5.69 Å². The van der Waals surface area contributed by atoms with Crippen LogP contribution in [-0.2, 0) is 4.79 Å². The fraction of sp³-hybridized carbons (Fsp3) is 0.111. The van der Waals surface area contributed by atoms with Gasteiger partial charge in [-0.2, -0.15) is 5.26 Å². The molecular formula is C18H15N5O2S2. The van der Waals surface area contributed by atoms with Gasteiger partial charge in [0.15, 0.2) is 4.34 Å². The molecule has 9 heteroatoms. The van der Waals surface area contributed by atoms with Crippen molar-refractivity contribution in [1.82, 2.24) is 10.2 Å². The lowest BCUT2D eigenvalue weighted by Crippen LogP contribution is -2.13. The van der Waals surface area contributed by atoms with Crippen molar-refractivity contribution in [2.24, 2.45) is 0 Å². The molecule has 7 nitrogen and oxygen atoms in total. The van der Waals surface area contributed by atoms with Crippen LogP contribution in [0.1, 0.15) is 5.56 Å². The van der Waals surface area contributed by atoms with Crippen LogP contribution in [0.4, 0.5) is 16.5 Å². The Morgan fingerprint density at radius 1 is 1.22 bits per heavy atom. The normalized spacial score (nSPS) is 10.1. The second kappa shape index (κ2) is 9.02. The van der Waals surface area contributed by atoms with Gasteiger partial charge in [-0.15, -0.1) is 10.2 Å². The molecule has 0 saturated carbocycles. The average molecular weight is 397 g/mol. The van der Waals surface area contributed by atoms with Crippen molar-refractivity contribution in [3.63, 3.8) is 0 Å². The monoisotopic (exact) mass is 397 g/mol. The quantitative estimate of drug-likeness (QED) is 0.583. The van der Waals surface area contributed by atoms with Gasteiger partial charge in [0.05, 0.1) is 30.2 Å². The summed E-state index contributed by atoms with van der Waals surface area (Å²) in [5.74, 6) is 0.770.